The maximum Gasteiger partial charge on any atom is 0.341 e. The normalized spacial score (nSPS) is 19.4. The average Bonchev–Trinajstić information content (AvgIpc) is 2.97. The zero-order valence-corrected chi connectivity index (χ0v) is 19.8. The summed E-state index contributed by atoms with van der Waals surface area (Å²) in [6.07, 6.45) is -0.526. The molecule has 2 aliphatic heterocycles. The maximum atomic E-state index is 14.2. The van der Waals surface area contributed by atoms with E-state index in [2.05, 4.69) is 0 Å². The molecule has 182 valence electrons. The smallest absolute Gasteiger partial charge is 0.341 e. The van der Waals surface area contributed by atoms with Gasteiger partial charge in [0.2, 0.25) is 11.8 Å². The van der Waals surface area contributed by atoms with Crippen LogP contribution in [0, 0.1) is 0 Å². The van der Waals surface area contributed by atoms with Gasteiger partial charge < -0.3 is 24.7 Å². The Labute approximate surface area is 197 Å². The molecule has 2 heterocycles. The lowest BCUT2D eigenvalue weighted by Gasteiger charge is -2.36. The van der Waals surface area contributed by atoms with E-state index >= 15 is 0 Å². The summed E-state index contributed by atoms with van der Waals surface area (Å²) in [7, 11) is 0. The average molecular weight is 472 g/mol. The van der Waals surface area contributed by atoms with Gasteiger partial charge in [0, 0.05) is 11.3 Å². The number of hydrogen-bond acceptors (Lipinski definition) is 9. The van der Waals surface area contributed by atoms with Crippen molar-refractivity contribution in [3.05, 3.63) is 52.6 Å². The largest absolute Gasteiger partial charge is 0.465 e. The van der Waals surface area contributed by atoms with Crippen LogP contribution in [0.15, 0.2) is 47.1 Å². The summed E-state index contributed by atoms with van der Waals surface area (Å²) in [5.74, 6) is -3.57. The quantitative estimate of drug-likeness (QED) is 0.466. The minimum absolute atomic E-state index is 0.00247. The molecule has 0 saturated heterocycles. The molecular formula is C24H28N2O8. The van der Waals surface area contributed by atoms with E-state index in [-0.39, 0.29) is 41.6 Å². The molecule has 0 aromatic heterocycles. The second kappa shape index (κ2) is 9.58. The zero-order chi connectivity index (χ0) is 25.2. The van der Waals surface area contributed by atoms with Gasteiger partial charge in [-0.3, -0.25) is 14.5 Å². The fraction of sp³-hybridized carbons (Fsp3) is 0.417. The van der Waals surface area contributed by atoms with Crippen molar-refractivity contribution in [1.82, 2.24) is 0 Å². The number of rotatable bonds is 7. The SMILES string of the molecule is CCOC(=O)CN1C(=O)C2(C(C(=O)OC(C)C)=C(C)OC(N)=C2C(=O)OCC)c2ccccc21. The monoisotopic (exact) mass is 472 g/mol. The number of carbonyl (C=O) groups is 4. The van der Waals surface area contributed by atoms with Crippen LogP contribution < -0.4 is 10.6 Å². The van der Waals surface area contributed by atoms with Crippen LogP contribution in [0.2, 0.25) is 0 Å². The number of nitrogens with zero attached hydrogens (tertiary/aromatic N) is 1. The van der Waals surface area contributed by atoms with Crippen molar-refractivity contribution in [3.8, 4) is 0 Å². The number of fused-ring (bicyclic) bond motifs is 2. The molecule has 1 spiro atoms. The van der Waals surface area contributed by atoms with Gasteiger partial charge in [-0.1, -0.05) is 18.2 Å². The van der Waals surface area contributed by atoms with Crippen LogP contribution in [-0.4, -0.2) is 49.7 Å². The highest BCUT2D eigenvalue weighted by Crippen LogP contribution is 2.54. The maximum absolute atomic E-state index is 14.2. The Morgan fingerprint density at radius 1 is 1.06 bits per heavy atom. The molecule has 10 heteroatoms. The number of carbonyl (C=O) groups excluding carboxylic acids is 4. The first-order valence-electron chi connectivity index (χ1n) is 11.0. The first-order valence-corrected chi connectivity index (χ1v) is 11.0. The summed E-state index contributed by atoms with van der Waals surface area (Å²) in [6.45, 7) is 7.67. The number of amides is 1. The number of para-hydroxylation sites is 1. The highest BCUT2D eigenvalue weighted by atomic mass is 16.6. The van der Waals surface area contributed by atoms with Gasteiger partial charge >= 0.3 is 17.9 Å². The Balaban J connectivity index is 2.35. The second-order valence-corrected chi connectivity index (χ2v) is 7.91. The minimum atomic E-state index is -2.03. The predicted molar refractivity (Wildman–Crippen MR) is 120 cm³/mol. The number of nitrogens with two attached hydrogens (primary N) is 1. The predicted octanol–water partition coefficient (Wildman–Crippen LogP) is 1.82. The molecular weight excluding hydrogens is 444 g/mol. The van der Waals surface area contributed by atoms with Gasteiger partial charge in [0.15, 0.2) is 0 Å². The lowest BCUT2D eigenvalue weighted by molar-refractivity contribution is -0.146. The number of benzene rings is 1. The van der Waals surface area contributed by atoms with Crippen molar-refractivity contribution < 1.29 is 38.1 Å². The van der Waals surface area contributed by atoms with Crippen molar-refractivity contribution in [2.75, 3.05) is 24.7 Å². The molecule has 0 fully saturated rings. The molecule has 2 aliphatic rings. The Bertz CT molecular complexity index is 1100. The van der Waals surface area contributed by atoms with Crippen LogP contribution in [0.4, 0.5) is 5.69 Å². The molecule has 34 heavy (non-hydrogen) atoms. The first kappa shape index (κ1) is 24.8. The highest BCUT2D eigenvalue weighted by Gasteiger charge is 2.64. The Morgan fingerprint density at radius 3 is 2.32 bits per heavy atom. The summed E-state index contributed by atoms with van der Waals surface area (Å²) in [5, 5.41) is 0. The van der Waals surface area contributed by atoms with E-state index in [1.807, 2.05) is 0 Å². The van der Waals surface area contributed by atoms with Gasteiger partial charge in [-0.05, 0) is 40.7 Å². The van der Waals surface area contributed by atoms with Crippen LogP contribution in [-0.2, 0) is 43.5 Å². The Kier molecular flexibility index (Phi) is 6.99. The van der Waals surface area contributed by atoms with Gasteiger partial charge in [0.1, 0.15) is 28.9 Å². The van der Waals surface area contributed by atoms with Gasteiger partial charge in [-0.2, -0.15) is 0 Å². The number of allylic oxidation sites excluding steroid dienone is 1. The van der Waals surface area contributed by atoms with Crippen LogP contribution in [0.5, 0.6) is 0 Å². The van der Waals surface area contributed by atoms with Gasteiger partial charge in [0.25, 0.3) is 0 Å². The van der Waals surface area contributed by atoms with E-state index in [1.165, 1.54) is 11.8 Å². The number of esters is 3. The second-order valence-electron chi connectivity index (χ2n) is 7.91. The minimum Gasteiger partial charge on any atom is -0.465 e. The van der Waals surface area contributed by atoms with E-state index in [0.29, 0.717) is 5.69 Å². The van der Waals surface area contributed by atoms with E-state index in [4.69, 9.17) is 24.7 Å². The van der Waals surface area contributed by atoms with Crippen molar-refractivity contribution in [1.29, 1.82) is 0 Å². The third kappa shape index (κ3) is 3.89. The molecule has 1 unspecified atom stereocenters. The first-order chi connectivity index (χ1) is 16.1. The van der Waals surface area contributed by atoms with Crippen molar-refractivity contribution >= 4 is 29.5 Å². The molecule has 10 nitrogen and oxygen atoms in total. The summed E-state index contributed by atoms with van der Waals surface area (Å²) in [6, 6.07) is 6.52. The van der Waals surface area contributed by atoms with Gasteiger partial charge in [-0.15, -0.1) is 0 Å². The Morgan fingerprint density at radius 2 is 1.71 bits per heavy atom. The van der Waals surface area contributed by atoms with Crippen LogP contribution in [0.25, 0.3) is 0 Å². The Hall–Kier alpha value is -3.82. The number of ether oxygens (including phenoxy) is 4. The molecule has 1 atom stereocenters. The van der Waals surface area contributed by atoms with Gasteiger partial charge in [-0.25, -0.2) is 9.59 Å². The summed E-state index contributed by atoms with van der Waals surface area (Å²) in [4.78, 5) is 54.3. The molecule has 0 radical (unpaired) electrons. The molecule has 1 amide bonds. The summed E-state index contributed by atoms with van der Waals surface area (Å²) in [5.41, 5.74) is 4.14. The lowest BCUT2D eigenvalue weighted by atomic mass is 9.67. The van der Waals surface area contributed by atoms with Crippen LogP contribution in [0.3, 0.4) is 0 Å². The van der Waals surface area contributed by atoms with Crippen LogP contribution >= 0.6 is 0 Å². The fourth-order valence-electron chi connectivity index (χ4n) is 4.30. The molecule has 0 saturated carbocycles. The van der Waals surface area contributed by atoms with E-state index < -0.39 is 41.9 Å². The fourth-order valence-corrected chi connectivity index (χ4v) is 4.30. The topological polar surface area (TPSA) is 134 Å². The molecule has 1 aromatic rings. The summed E-state index contributed by atoms with van der Waals surface area (Å²) >= 11 is 0. The molecule has 2 N–H and O–H groups in total. The third-order valence-electron chi connectivity index (χ3n) is 5.40. The van der Waals surface area contributed by atoms with Crippen molar-refractivity contribution in [3.63, 3.8) is 0 Å². The van der Waals surface area contributed by atoms with E-state index in [0.717, 1.165) is 0 Å². The lowest BCUT2D eigenvalue weighted by Crippen LogP contribution is -2.51. The zero-order valence-electron chi connectivity index (χ0n) is 19.8. The molecule has 0 aliphatic carbocycles. The molecule has 0 bridgehead atoms. The standard InChI is InChI=1S/C24H28N2O8/c1-6-31-17(27)12-26-16-11-9-8-10-15(16)24(23(26)30)18(22(29)33-13(3)4)14(5)34-20(25)19(24)21(28)32-7-2/h8-11,13H,6-7,12,25H2,1-5H3. The van der Waals surface area contributed by atoms with Crippen molar-refractivity contribution in [2.45, 2.75) is 46.1 Å². The van der Waals surface area contributed by atoms with Crippen molar-refractivity contribution in [2.24, 2.45) is 5.73 Å². The van der Waals surface area contributed by atoms with Crippen LogP contribution in [0.1, 0.15) is 40.2 Å². The molecule has 1 aromatic carbocycles. The summed E-state index contributed by atoms with van der Waals surface area (Å²) < 4.78 is 21.2. The highest BCUT2D eigenvalue weighted by molar-refractivity contribution is 6.23. The number of anilines is 1. The number of hydrogen-bond donors (Lipinski definition) is 1. The third-order valence-corrected chi connectivity index (χ3v) is 5.40. The van der Waals surface area contributed by atoms with E-state index in [1.54, 1.807) is 52.0 Å². The van der Waals surface area contributed by atoms with E-state index in [9.17, 15) is 19.2 Å². The molecule has 3 rings (SSSR count). The van der Waals surface area contributed by atoms with Gasteiger partial charge in [0.05, 0.1) is 19.3 Å².